The highest BCUT2D eigenvalue weighted by Crippen LogP contribution is 2.64. The predicted molar refractivity (Wildman–Crippen MR) is 157 cm³/mol. The Labute approximate surface area is 224 Å². The van der Waals surface area contributed by atoms with Crippen LogP contribution in [0.5, 0.6) is 0 Å². The Kier molecular flexibility index (Phi) is 4.36. The monoisotopic (exact) mass is 535 g/mol. The highest BCUT2D eigenvalue weighted by Gasteiger charge is 2.52. The molecule has 0 aromatic heterocycles. The molecule has 1 aliphatic carbocycles. The molecule has 6 aromatic carbocycles. The SMILES string of the molecule is Brc1ccc2c(c1)C1(c3ccccc3N(c3ccccc3)c3ccccc31)c1ccc3ccccc3c1-2. The second-order valence-corrected chi connectivity index (χ2v) is 10.8. The van der Waals surface area contributed by atoms with E-state index in [2.05, 4.69) is 154 Å². The number of hydrogen-bond acceptors (Lipinski definition) is 1. The third-order valence-corrected chi connectivity index (χ3v) is 8.59. The van der Waals surface area contributed by atoms with Crippen LogP contribution in [0.3, 0.4) is 0 Å². The number of fused-ring (bicyclic) bond motifs is 11. The Morgan fingerprint density at radius 1 is 0.514 bits per heavy atom. The van der Waals surface area contributed by atoms with Crippen LogP contribution in [0, 0.1) is 0 Å². The highest BCUT2D eigenvalue weighted by molar-refractivity contribution is 9.10. The van der Waals surface area contributed by atoms with Crippen LogP contribution < -0.4 is 4.90 Å². The Morgan fingerprint density at radius 2 is 1.16 bits per heavy atom. The first kappa shape index (κ1) is 21.0. The van der Waals surface area contributed by atoms with Crippen molar-refractivity contribution in [2.45, 2.75) is 5.41 Å². The Morgan fingerprint density at radius 3 is 1.92 bits per heavy atom. The molecule has 1 nitrogen and oxygen atoms in total. The summed E-state index contributed by atoms with van der Waals surface area (Å²) in [5.74, 6) is 0. The fourth-order valence-corrected chi connectivity index (χ4v) is 7.11. The van der Waals surface area contributed by atoms with Gasteiger partial charge in [-0.15, -0.1) is 0 Å². The number of para-hydroxylation sites is 3. The molecule has 0 N–H and O–H groups in total. The minimum absolute atomic E-state index is 0.420. The molecule has 0 saturated carbocycles. The number of nitrogens with zero attached hydrogens (tertiary/aromatic N) is 1. The number of benzene rings is 6. The molecule has 1 spiro atoms. The maximum absolute atomic E-state index is 3.83. The minimum atomic E-state index is -0.420. The van der Waals surface area contributed by atoms with Gasteiger partial charge in [0.15, 0.2) is 0 Å². The molecule has 2 heteroatoms. The predicted octanol–water partition coefficient (Wildman–Crippen LogP) is 9.75. The van der Waals surface area contributed by atoms with Crippen LogP contribution in [-0.2, 0) is 5.41 Å². The van der Waals surface area contributed by atoms with Crippen LogP contribution >= 0.6 is 15.9 Å². The molecule has 37 heavy (non-hydrogen) atoms. The van der Waals surface area contributed by atoms with Gasteiger partial charge in [0.2, 0.25) is 0 Å². The fraction of sp³-hybridized carbons (Fsp3) is 0.0286. The molecule has 2 aliphatic rings. The van der Waals surface area contributed by atoms with E-state index in [-0.39, 0.29) is 0 Å². The molecule has 0 fully saturated rings. The average Bonchev–Trinajstić information content (AvgIpc) is 3.24. The first-order chi connectivity index (χ1) is 18.3. The zero-order valence-electron chi connectivity index (χ0n) is 20.0. The van der Waals surface area contributed by atoms with Crippen molar-refractivity contribution >= 4 is 43.8 Å². The molecule has 1 aliphatic heterocycles. The summed E-state index contributed by atoms with van der Waals surface area (Å²) < 4.78 is 1.10. The van der Waals surface area contributed by atoms with Crippen molar-refractivity contribution < 1.29 is 0 Å². The average molecular weight is 536 g/mol. The molecule has 0 radical (unpaired) electrons. The lowest BCUT2D eigenvalue weighted by Gasteiger charge is -2.45. The number of hydrogen-bond donors (Lipinski definition) is 0. The first-order valence-electron chi connectivity index (χ1n) is 12.7. The van der Waals surface area contributed by atoms with E-state index in [1.165, 1.54) is 61.2 Å². The van der Waals surface area contributed by atoms with Crippen LogP contribution in [0.4, 0.5) is 17.1 Å². The van der Waals surface area contributed by atoms with Gasteiger partial charge in [-0.25, -0.2) is 0 Å². The lowest BCUT2D eigenvalue weighted by molar-refractivity contribution is 0.752. The van der Waals surface area contributed by atoms with E-state index >= 15 is 0 Å². The largest absolute Gasteiger partial charge is 0.310 e. The van der Waals surface area contributed by atoms with E-state index in [0.717, 1.165) is 4.47 Å². The molecule has 0 amide bonds. The summed E-state index contributed by atoms with van der Waals surface area (Å²) in [6, 6.07) is 48.9. The number of anilines is 3. The van der Waals surface area contributed by atoms with E-state index in [1.807, 2.05) is 0 Å². The molecule has 8 rings (SSSR count). The summed E-state index contributed by atoms with van der Waals surface area (Å²) in [7, 11) is 0. The van der Waals surface area contributed by atoms with Crippen LogP contribution in [-0.4, -0.2) is 0 Å². The van der Waals surface area contributed by atoms with Gasteiger partial charge in [-0.05, 0) is 80.6 Å². The van der Waals surface area contributed by atoms with Gasteiger partial charge in [0.05, 0.1) is 16.8 Å². The zero-order chi connectivity index (χ0) is 24.6. The summed E-state index contributed by atoms with van der Waals surface area (Å²) in [5.41, 5.74) is 11.2. The van der Waals surface area contributed by atoms with Crippen molar-refractivity contribution in [2.75, 3.05) is 4.90 Å². The van der Waals surface area contributed by atoms with Crippen LogP contribution in [0.1, 0.15) is 22.3 Å². The second kappa shape index (κ2) is 7.68. The van der Waals surface area contributed by atoms with E-state index in [9.17, 15) is 0 Å². The van der Waals surface area contributed by atoms with Gasteiger partial charge in [0.1, 0.15) is 0 Å². The normalized spacial score (nSPS) is 14.2. The maximum atomic E-state index is 3.83. The smallest absolute Gasteiger partial charge is 0.0754 e. The van der Waals surface area contributed by atoms with E-state index in [4.69, 9.17) is 0 Å². The van der Waals surface area contributed by atoms with E-state index in [1.54, 1.807) is 0 Å². The van der Waals surface area contributed by atoms with Crippen LogP contribution in [0.2, 0.25) is 0 Å². The molecule has 0 bridgehead atoms. The van der Waals surface area contributed by atoms with Gasteiger partial charge >= 0.3 is 0 Å². The number of rotatable bonds is 1. The summed E-state index contributed by atoms with van der Waals surface area (Å²) in [4.78, 5) is 2.42. The zero-order valence-corrected chi connectivity index (χ0v) is 21.6. The lowest BCUT2D eigenvalue weighted by Crippen LogP contribution is -2.36. The third-order valence-electron chi connectivity index (χ3n) is 8.10. The summed E-state index contributed by atoms with van der Waals surface area (Å²) >= 11 is 3.83. The van der Waals surface area contributed by atoms with Crippen molar-refractivity contribution in [1.29, 1.82) is 0 Å². The standard InChI is InChI=1S/C35H22BrN/c36-24-19-20-27-31(22-24)35(30-21-18-23-10-4-5-13-26(23)34(27)30)28-14-6-8-16-32(28)37(25-11-2-1-3-12-25)33-17-9-7-15-29(33)35/h1-22H. The van der Waals surface area contributed by atoms with Gasteiger partial charge in [0, 0.05) is 10.2 Å². The highest BCUT2D eigenvalue weighted by atomic mass is 79.9. The van der Waals surface area contributed by atoms with Crippen molar-refractivity contribution in [3.8, 4) is 11.1 Å². The topological polar surface area (TPSA) is 3.24 Å². The van der Waals surface area contributed by atoms with E-state index in [0.29, 0.717) is 0 Å². The summed E-state index contributed by atoms with van der Waals surface area (Å²) in [6.45, 7) is 0. The molecular formula is C35H22BrN. The lowest BCUT2D eigenvalue weighted by atomic mass is 9.64. The Hall–Kier alpha value is -4.14. The Balaban J connectivity index is 1.58. The second-order valence-electron chi connectivity index (χ2n) is 9.85. The Bertz CT molecular complexity index is 1810. The van der Waals surface area contributed by atoms with Crippen molar-refractivity contribution in [3.05, 3.63) is 160 Å². The molecule has 0 atom stereocenters. The first-order valence-corrected chi connectivity index (χ1v) is 13.4. The summed E-state index contributed by atoms with van der Waals surface area (Å²) in [6.07, 6.45) is 0. The minimum Gasteiger partial charge on any atom is -0.310 e. The van der Waals surface area contributed by atoms with Crippen LogP contribution in [0.25, 0.3) is 21.9 Å². The third kappa shape index (κ3) is 2.68. The van der Waals surface area contributed by atoms with Gasteiger partial charge in [-0.2, -0.15) is 0 Å². The molecule has 0 unspecified atom stereocenters. The molecule has 0 saturated heterocycles. The van der Waals surface area contributed by atoms with E-state index < -0.39 is 5.41 Å². The van der Waals surface area contributed by atoms with Gasteiger partial charge < -0.3 is 4.90 Å². The number of halogens is 1. The van der Waals surface area contributed by atoms with Crippen molar-refractivity contribution in [3.63, 3.8) is 0 Å². The molecule has 174 valence electrons. The molecular weight excluding hydrogens is 514 g/mol. The maximum Gasteiger partial charge on any atom is 0.0754 e. The van der Waals surface area contributed by atoms with Gasteiger partial charge in [0.25, 0.3) is 0 Å². The quantitative estimate of drug-likeness (QED) is 0.202. The summed E-state index contributed by atoms with van der Waals surface area (Å²) in [5, 5.41) is 2.58. The van der Waals surface area contributed by atoms with Gasteiger partial charge in [-0.3, -0.25) is 0 Å². The van der Waals surface area contributed by atoms with Crippen LogP contribution in [0.15, 0.2) is 138 Å². The van der Waals surface area contributed by atoms with Crippen molar-refractivity contribution in [2.24, 2.45) is 0 Å². The fourth-order valence-electron chi connectivity index (χ4n) is 6.75. The molecule has 6 aromatic rings. The molecule has 1 heterocycles. The van der Waals surface area contributed by atoms with Crippen molar-refractivity contribution in [1.82, 2.24) is 0 Å². The van der Waals surface area contributed by atoms with Gasteiger partial charge in [-0.1, -0.05) is 113 Å².